The first kappa shape index (κ1) is 22.9. The van der Waals surface area contributed by atoms with E-state index in [2.05, 4.69) is 20.3 Å². The van der Waals surface area contributed by atoms with Gasteiger partial charge in [0.05, 0.1) is 11.0 Å². The smallest absolute Gasteiger partial charge is 0.251 e. The second kappa shape index (κ2) is 11.0. The van der Waals surface area contributed by atoms with Crippen LogP contribution in [0.2, 0.25) is 0 Å². The quantitative estimate of drug-likeness (QED) is 0.499. The van der Waals surface area contributed by atoms with Crippen LogP contribution in [0.25, 0.3) is 0 Å². The van der Waals surface area contributed by atoms with Gasteiger partial charge in [0.2, 0.25) is 15.9 Å². The predicted molar refractivity (Wildman–Crippen MR) is 114 cm³/mol. The number of carbonyl (C=O) groups is 2. The molecule has 3 rings (SSSR count). The number of benzene rings is 1. The lowest BCUT2D eigenvalue weighted by Gasteiger charge is -2.12. The molecule has 0 aliphatic carbocycles. The summed E-state index contributed by atoms with van der Waals surface area (Å²) in [6.45, 7) is 1.45. The van der Waals surface area contributed by atoms with Crippen LogP contribution in [0, 0.1) is 0 Å². The summed E-state index contributed by atoms with van der Waals surface area (Å²) in [5.74, 6) is -0.561. The molecule has 1 aromatic heterocycles. The number of hydrogen-bond acceptors (Lipinski definition) is 6. The molecule has 0 bridgehead atoms. The maximum Gasteiger partial charge on any atom is 0.251 e. The highest BCUT2D eigenvalue weighted by molar-refractivity contribution is 7.89. The minimum atomic E-state index is -3.67. The van der Waals surface area contributed by atoms with Crippen LogP contribution in [0.1, 0.15) is 35.2 Å². The summed E-state index contributed by atoms with van der Waals surface area (Å²) in [5, 5.41) is 5.43. The zero-order valence-corrected chi connectivity index (χ0v) is 17.9. The Morgan fingerprint density at radius 2 is 1.81 bits per heavy atom. The Morgan fingerprint density at radius 3 is 2.48 bits per heavy atom. The van der Waals surface area contributed by atoms with Crippen LogP contribution in [-0.2, 0) is 26.1 Å². The van der Waals surface area contributed by atoms with E-state index in [0.717, 1.165) is 18.4 Å². The lowest BCUT2D eigenvalue weighted by Crippen LogP contribution is -2.32. The number of aromatic nitrogens is 1. The molecule has 31 heavy (non-hydrogen) atoms. The monoisotopic (exact) mass is 446 g/mol. The van der Waals surface area contributed by atoms with E-state index < -0.39 is 10.0 Å². The zero-order valence-electron chi connectivity index (χ0n) is 17.0. The number of pyridine rings is 1. The van der Waals surface area contributed by atoms with Crippen molar-refractivity contribution in [2.45, 2.75) is 36.8 Å². The lowest BCUT2D eigenvalue weighted by molar-refractivity contribution is -0.121. The van der Waals surface area contributed by atoms with Crippen molar-refractivity contribution >= 4 is 21.8 Å². The number of carbonyl (C=O) groups excluding carboxylic acids is 2. The van der Waals surface area contributed by atoms with Crippen LogP contribution in [0.4, 0.5) is 0 Å². The number of nitrogens with zero attached hydrogens (tertiary/aromatic N) is 1. The molecule has 1 atom stereocenters. The van der Waals surface area contributed by atoms with Crippen molar-refractivity contribution in [1.82, 2.24) is 20.3 Å². The molecule has 1 aliphatic heterocycles. The molecule has 2 heterocycles. The molecule has 2 amide bonds. The Balaban J connectivity index is 1.41. The van der Waals surface area contributed by atoms with Gasteiger partial charge in [0.15, 0.2) is 0 Å². The van der Waals surface area contributed by atoms with Crippen molar-refractivity contribution in [2.75, 3.05) is 19.7 Å². The van der Waals surface area contributed by atoms with Crippen molar-refractivity contribution in [1.29, 1.82) is 0 Å². The first-order valence-electron chi connectivity index (χ1n) is 10.1. The molecule has 166 valence electrons. The number of amides is 2. The molecule has 2 aromatic rings. The van der Waals surface area contributed by atoms with Crippen LogP contribution < -0.4 is 15.4 Å². The number of rotatable bonds is 10. The zero-order chi connectivity index (χ0) is 22.1. The molecule has 0 spiro atoms. The summed E-state index contributed by atoms with van der Waals surface area (Å²) in [6.07, 6.45) is 5.11. The van der Waals surface area contributed by atoms with Crippen molar-refractivity contribution in [3.8, 4) is 0 Å². The molecule has 3 N–H and O–H groups in total. The summed E-state index contributed by atoms with van der Waals surface area (Å²) in [7, 11) is -3.67. The van der Waals surface area contributed by atoms with E-state index in [1.54, 1.807) is 12.4 Å². The number of nitrogens with one attached hydrogen (secondary N) is 3. The Morgan fingerprint density at radius 1 is 1.06 bits per heavy atom. The molecular formula is C21H26N4O5S. The van der Waals surface area contributed by atoms with Gasteiger partial charge in [0.25, 0.3) is 5.91 Å². The summed E-state index contributed by atoms with van der Waals surface area (Å²) in [5.41, 5.74) is 1.25. The average Bonchev–Trinajstić information content (AvgIpc) is 3.31. The van der Waals surface area contributed by atoms with Crippen molar-refractivity contribution in [2.24, 2.45) is 0 Å². The third-order valence-corrected chi connectivity index (χ3v) is 6.27. The number of ether oxygens (including phenoxy) is 1. The summed E-state index contributed by atoms with van der Waals surface area (Å²) in [4.78, 5) is 28.1. The highest BCUT2D eigenvalue weighted by Gasteiger charge is 2.20. The SMILES string of the molecule is O=C(CCNC(=O)c1ccc(S(=O)(=O)NCC2CCCO2)cc1)NCc1ccncc1. The Bertz CT molecular complexity index is 975. The number of hydrogen-bond donors (Lipinski definition) is 3. The first-order valence-corrected chi connectivity index (χ1v) is 11.6. The fourth-order valence-corrected chi connectivity index (χ4v) is 4.12. The molecule has 1 fully saturated rings. The maximum absolute atomic E-state index is 12.4. The van der Waals surface area contributed by atoms with Gasteiger partial charge in [-0.05, 0) is 54.8 Å². The largest absolute Gasteiger partial charge is 0.377 e. The van der Waals surface area contributed by atoms with Gasteiger partial charge in [-0.3, -0.25) is 14.6 Å². The highest BCUT2D eigenvalue weighted by Crippen LogP contribution is 2.14. The van der Waals surface area contributed by atoms with Gasteiger partial charge >= 0.3 is 0 Å². The molecule has 0 radical (unpaired) electrons. The average molecular weight is 447 g/mol. The third-order valence-electron chi connectivity index (χ3n) is 4.83. The second-order valence-corrected chi connectivity index (χ2v) is 8.92. The Hall–Kier alpha value is -2.82. The van der Waals surface area contributed by atoms with E-state index in [9.17, 15) is 18.0 Å². The summed E-state index contributed by atoms with van der Waals surface area (Å²) in [6, 6.07) is 9.27. The third kappa shape index (κ3) is 7.12. The number of sulfonamides is 1. The van der Waals surface area contributed by atoms with Crippen molar-refractivity contribution in [3.05, 3.63) is 59.9 Å². The summed E-state index contributed by atoms with van der Waals surface area (Å²) < 4.78 is 32.7. The van der Waals surface area contributed by atoms with Crippen LogP contribution in [0.15, 0.2) is 53.7 Å². The van der Waals surface area contributed by atoms with Gasteiger partial charge in [0.1, 0.15) is 0 Å². The second-order valence-electron chi connectivity index (χ2n) is 7.15. The van der Waals surface area contributed by atoms with Gasteiger partial charge in [-0.1, -0.05) is 0 Å². The predicted octanol–water partition coefficient (Wildman–Crippen LogP) is 0.975. The molecule has 1 aliphatic rings. The standard InChI is InChI=1S/C21H26N4O5S/c26-20(24-14-16-7-10-22-11-8-16)9-12-23-21(27)17-3-5-19(6-4-17)31(28,29)25-15-18-2-1-13-30-18/h3-8,10-11,18,25H,1-2,9,12-15H2,(H,23,27)(H,24,26). The van der Waals surface area contributed by atoms with Gasteiger partial charge in [0, 0.05) is 50.6 Å². The highest BCUT2D eigenvalue weighted by atomic mass is 32.2. The van der Waals surface area contributed by atoms with Crippen LogP contribution in [0.5, 0.6) is 0 Å². The van der Waals surface area contributed by atoms with Crippen molar-refractivity contribution < 1.29 is 22.7 Å². The van der Waals surface area contributed by atoms with Gasteiger partial charge < -0.3 is 15.4 Å². The molecular weight excluding hydrogens is 420 g/mol. The first-order chi connectivity index (χ1) is 14.9. The Labute approximate surface area is 181 Å². The minimum Gasteiger partial charge on any atom is -0.377 e. The van der Waals surface area contributed by atoms with Crippen molar-refractivity contribution in [3.63, 3.8) is 0 Å². The summed E-state index contributed by atoms with van der Waals surface area (Å²) >= 11 is 0. The van der Waals surface area contributed by atoms with E-state index in [1.165, 1.54) is 24.3 Å². The van der Waals surface area contributed by atoms with Crippen LogP contribution in [-0.4, -0.2) is 51.0 Å². The molecule has 0 saturated carbocycles. The van der Waals surface area contributed by atoms with Crippen LogP contribution in [0.3, 0.4) is 0 Å². The molecule has 1 saturated heterocycles. The maximum atomic E-state index is 12.4. The van der Waals surface area contributed by atoms with E-state index >= 15 is 0 Å². The lowest BCUT2D eigenvalue weighted by atomic mass is 10.2. The fourth-order valence-electron chi connectivity index (χ4n) is 3.06. The van der Waals surface area contributed by atoms with Gasteiger partial charge in [-0.2, -0.15) is 0 Å². The fraction of sp³-hybridized carbons (Fsp3) is 0.381. The minimum absolute atomic E-state index is 0.0811. The van der Waals surface area contributed by atoms with E-state index in [4.69, 9.17) is 4.74 Å². The Kier molecular flexibility index (Phi) is 8.10. The van der Waals surface area contributed by atoms with Gasteiger partial charge in [-0.15, -0.1) is 0 Å². The topological polar surface area (TPSA) is 126 Å². The normalized spacial score (nSPS) is 16.1. The van der Waals surface area contributed by atoms with E-state index in [1.807, 2.05) is 12.1 Å². The molecule has 1 unspecified atom stereocenters. The molecule has 10 heteroatoms. The van der Waals surface area contributed by atoms with Crippen LogP contribution >= 0.6 is 0 Å². The molecule has 1 aromatic carbocycles. The molecule has 9 nitrogen and oxygen atoms in total. The van der Waals surface area contributed by atoms with E-state index in [-0.39, 0.29) is 42.3 Å². The van der Waals surface area contributed by atoms with Gasteiger partial charge in [-0.25, -0.2) is 13.1 Å². The van der Waals surface area contributed by atoms with E-state index in [0.29, 0.717) is 18.7 Å².